The van der Waals surface area contributed by atoms with Crippen molar-refractivity contribution < 1.29 is 142 Å². The van der Waals surface area contributed by atoms with Gasteiger partial charge in [-0.15, -0.1) is 0 Å². The Morgan fingerprint density at radius 1 is 0.423 bits per heavy atom. The molecule has 0 aliphatic carbocycles. The van der Waals surface area contributed by atoms with Crippen LogP contribution in [-0.2, 0) is 80.7 Å². The van der Waals surface area contributed by atoms with E-state index < -0.39 is 211 Å². The van der Waals surface area contributed by atoms with Crippen molar-refractivity contribution in [3.8, 4) is 0 Å². The second-order valence-electron chi connectivity index (χ2n) is 17.6. The number of carbonyl (C=O) groups is 3. The monoisotopic (exact) mass is 1040 g/mol. The fraction of sp³-hybridized carbons (Fsp3) is 0.929. The Bertz CT molecular complexity index is 1640. The molecule has 5 fully saturated rings. The normalized spacial score (nSPS) is 44.2. The molecule has 5 heterocycles. The summed E-state index contributed by atoms with van der Waals surface area (Å²) in [5.41, 5.74) is 0. The maximum Gasteiger partial charge on any atom is 0.306 e. The van der Waals surface area contributed by atoms with Gasteiger partial charge in [0.25, 0.3) is 0 Å². The highest BCUT2D eigenvalue weighted by Gasteiger charge is 2.56. The molecule has 12 N–H and O–H groups in total. The molecule has 29 heteroatoms. The molecule has 0 aromatic carbocycles. The molecule has 0 unspecified atom stereocenters. The molecule has 71 heavy (non-hydrogen) atoms. The molecule has 5 rings (SSSR count). The Morgan fingerprint density at radius 3 is 1.38 bits per heavy atom. The predicted octanol–water partition coefficient (Wildman–Crippen LogP) is -7.69. The molecule has 0 radical (unpaired) electrons. The Hall–Kier alpha value is -2.51. The molecule has 0 bridgehead atoms. The van der Waals surface area contributed by atoms with Gasteiger partial charge in [-0.3, -0.25) is 14.4 Å². The lowest BCUT2D eigenvalue weighted by atomic mass is 9.94. The van der Waals surface area contributed by atoms with Crippen LogP contribution in [-0.4, -0.2) is 287 Å². The van der Waals surface area contributed by atoms with Crippen molar-refractivity contribution in [3.05, 3.63) is 0 Å². The number of hydrogen-bond donors (Lipinski definition) is 12. The van der Waals surface area contributed by atoms with Crippen LogP contribution in [0, 0.1) is 0 Å². The quantitative estimate of drug-likeness (QED) is 0.0272. The Morgan fingerprint density at radius 2 is 0.831 bits per heavy atom. The predicted molar refractivity (Wildman–Crippen MR) is 223 cm³/mol. The van der Waals surface area contributed by atoms with Gasteiger partial charge >= 0.3 is 17.9 Å². The second-order valence-corrected chi connectivity index (χ2v) is 17.6. The van der Waals surface area contributed by atoms with E-state index >= 15 is 0 Å². The number of ether oxygens (including phenoxy) is 14. The molecular weight excluding hydrogens is 968 g/mol. The molecule has 0 aromatic rings. The first-order chi connectivity index (χ1) is 33.8. The van der Waals surface area contributed by atoms with Gasteiger partial charge in [-0.25, -0.2) is 0 Å². The van der Waals surface area contributed by atoms with Crippen LogP contribution in [0.15, 0.2) is 0 Å². The van der Waals surface area contributed by atoms with E-state index in [4.69, 9.17) is 66.3 Å². The van der Waals surface area contributed by atoms with Crippen LogP contribution in [0.5, 0.6) is 0 Å². The van der Waals surface area contributed by atoms with Crippen molar-refractivity contribution in [2.24, 2.45) is 0 Å². The molecule has 0 saturated carbocycles. The number of carbonyl (C=O) groups excluding carboxylic acids is 3. The topological polar surface area (TPSA) is 423 Å². The molecular formula is C42H70O29. The van der Waals surface area contributed by atoms with Crippen LogP contribution in [0.1, 0.15) is 39.5 Å². The average molecular weight is 1040 g/mol. The molecule has 5 saturated heterocycles. The van der Waals surface area contributed by atoms with Crippen LogP contribution >= 0.6 is 0 Å². The molecule has 0 amide bonds. The Kier molecular flexibility index (Phi) is 22.9. The lowest BCUT2D eigenvalue weighted by Crippen LogP contribution is -2.67. The van der Waals surface area contributed by atoms with Crippen molar-refractivity contribution in [2.75, 3.05) is 54.4 Å². The number of esters is 3. The number of unbranched alkanes of at least 4 members (excludes halogenated alkanes) is 1. The summed E-state index contributed by atoms with van der Waals surface area (Å²) in [5.74, 6) is -2.65. The van der Waals surface area contributed by atoms with Gasteiger partial charge in [-0.1, -0.05) is 0 Å². The van der Waals surface area contributed by atoms with Crippen molar-refractivity contribution in [1.82, 2.24) is 0 Å². The summed E-state index contributed by atoms with van der Waals surface area (Å²) in [4.78, 5) is 38.0. The molecule has 5 aliphatic rings. The number of aliphatic hydroxyl groups is 12. The van der Waals surface area contributed by atoms with E-state index in [9.17, 15) is 75.7 Å². The van der Waals surface area contributed by atoms with E-state index in [1.54, 1.807) is 0 Å². The van der Waals surface area contributed by atoms with Crippen LogP contribution < -0.4 is 0 Å². The maximum atomic E-state index is 13.4. The highest BCUT2D eigenvalue weighted by atomic mass is 16.8. The van der Waals surface area contributed by atoms with Gasteiger partial charge in [0.05, 0.1) is 39.1 Å². The fourth-order valence-electron chi connectivity index (χ4n) is 9.01. The van der Waals surface area contributed by atoms with Crippen LogP contribution in [0.4, 0.5) is 0 Å². The van der Waals surface area contributed by atoms with E-state index in [2.05, 4.69) is 0 Å². The zero-order valence-electron chi connectivity index (χ0n) is 39.6. The smallest absolute Gasteiger partial charge is 0.306 e. The minimum absolute atomic E-state index is 0.00406. The van der Waals surface area contributed by atoms with E-state index in [-0.39, 0.29) is 19.3 Å². The third kappa shape index (κ3) is 14.1. The molecule has 0 aromatic heterocycles. The van der Waals surface area contributed by atoms with E-state index in [0.29, 0.717) is 0 Å². The highest BCUT2D eigenvalue weighted by Crippen LogP contribution is 2.35. The third-order valence-electron chi connectivity index (χ3n) is 12.8. The van der Waals surface area contributed by atoms with Gasteiger partial charge < -0.3 is 128 Å². The average Bonchev–Trinajstić information content (AvgIpc) is 3.34. The van der Waals surface area contributed by atoms with Crippen LogP contribution in [0.25, 0.3) is 0 Å². The van der Waals surface area contributed by atoms with Crippen molar-refractivity contribution in [1.29, 1.82) is 0 Å². The largest absolute Gasteiger partial charge is 0.457 e. The van der Waals surface area contributed by atoms with Crippen molar-refractivity contribution >= 4 is 17.9 Å². The first kappa shape index (κ1) is 59.4. The van der Waals surface area contributed by atoms with Gasteiger partial charge in [0, 0.05) is 41.1 Å². The summed E-state index contributed by atoms with van der Waals surface area (Å²) in [7, 11) is 3.57. The summed E-state index contributed by atoms with van der Waals surface area (Å²) in [6.07, 6.45) is -40.5. The van der Waals surface area contributed by atoms with Gasteiger partial charge in [-0.2, -0.15) is 0 Å². The van der Waals surface area contributed by atoms with Crippen LogP contribution in [0.2, 0.25) is 0 Å². The molecule has 29 nitrogen and oxygen atoms in total. The minimum Gasteiger partial charge on any atom is -0.457 e. The Balaban J connectivity index is 1.33. The van der Waals surface area contributed by atoms with Crippen molar-refractivity contribution in [3.63, 3.8) is 0 Å². The molecule has 412 valence electrons. The van der Waals surface area contributed by atoms with E-state index in [0.717, 1.165) is 6.92 Å². The number of hydrogen-bond acceptors (Lipinski definition) is 29. The highest BCUT2D eigenvalue weighted by molar-refractivity contribution is 5.71. The molecule has 5 aliphatic heterocycles. The van der Waals surface area contributed by atoms with Gasteiger partial charge in [0.1, 0.15) is 104 Å². The first-order valence-electron chi connectivity index (χ1n) is 23.0. The number of methoxy groups -OCH3 is 3. The number of aliphatic hydroxyl groups excluding tert-OH is 12. The summed E-state index contributed by atoms with van der Waals surface area (Å²) >= 11 is 0. The summed E-state index contributed by atoms with van der Waals surface area (Å²) in [6.45, 7) is -1.18. The third-order valence-corrected chi connectivity index (χ3v) is 12.8. The lowest BCUT2D eigenvalue weighted by Gasteiger charge is -2.49. The maximum absolute atomic E-state index is 13.4. The van der Waals surface area contributed by atoms with Crippen molar-refractivity contribution in [2.45, 2.75) is 193 Å². The zero-order chi connectivity index (χ0) is 52.4. The summed E-state index contributed by atoms with van der Waals surface area (Å²) in [5, 5.41) is 129. The van der Waals surface area contributed by atoms with Gasteiger partial charge in [0.2, 0.25) is 0 Å². The SMILES string of the molecule is CO[C@H]1O[C@H](CO)[C@@H](OC(=O)CCCCC(=O)O[C@H]2[C@@H](O[C@@H]3[C@@H](O)[C@H](O)[C@H](O[C@H]4[C@H](O)[C@@H](OC(C)=O)[C@@H](C)O[C@@H]4CO)O[C@H]3CO[C@H]3O[C@H](CO)[C@@H](OC)[C@H](O)[C@H]3O)O[C@H](CO)[C@@H](OC)[C@@H]2O)[C@H](O)[C@H]1O. The summed E-state index contributed by atoms with van der Waals surface area (Å²) in [6, 6.07) is 0. The molecule has 25 atom stereocenters. The van der Waals surface area contributed by atoms with Gasteiger partial charge in [-0.05, 0) is 19.8 Å². The standard InChI is InChI=1S/C42H70O29/c1-15-32(63-16(2)47)30(56)36(19(12-45)62-15)70-41-29(55)26(52)37(21(67-41)14-61-40-28(54)24(50)33(58-3)17(10-43)65-40)71-42-38(31(57)34(59-4)18(11-44)66-42)69-23(49)9-7-6-8-22(48)68-35-20(13-46)64-39(60-5)27(53)25(35)51/h15,17-21,24-46,50-57H,6-14H2,1-5H3/t15-,17-,18-,19-,20-,21+,24-,25-,26+,27-,28-,29+,30-,31+,32+,33-,34-,35-,36-,37+,38-,39+,40+,41+,42-/m1/s1. The molecule has 0 spiro atoms. The Labute approximate surface area is 406 Å². The summed E-state index contributed by atoms with van der Waals surface area (Å²) < 4.78 is 78.1. The number of rotatable bonds is 22. The van der Waals surface area contributed by atoms with Gasteiger partial charge in [0.15, 0.2) is 43.5 Å². The minimum atomic E-state index is -2.12. The van der Waals surface area contributed by atoms with E-state index in [1.165, 1.54) is 28.3 Å². The van der Waals surface area contributed by atoms with E-state index in [1.807, 2.05) is 0 Å². The second kappa shape index (κ2) is 27.3. The zero-order valence-corrected chi connectivity index (χ0v) is 39.6. The van der Waals surface area contributed by atoms with Crippen LogP contribution in [0.3, 0.4) is 0 Å². The fourth-order valence-corrected chi connectivity index (χ4v) is 9.01. The first-order valence-corrected chi connectivity index (χ1v) is 23.0. The lowest BCUT2D eigenvalue weighted by molar-refractivity contribution is -0.379.